The number of nitrogens with one attached hydrogen (secondary N) is 3. The summed E-state index contributed by atoms with van der Waals surface area (Å²) >= 11 is 0. The number of carbonyl (C=O) groups is 2. The molecule has 3 N–H and O–H groups in total. The molecule has 1 aromatic rings. The van der Waals surface area contributed by atoms with Crippen molar-refractivity contribution >= 4 is 22.0 Å². The molecule has 0 spiro atoms. The van der Waals surface area contributed by atoms with Crippen LogP contribution in [0.5, 0.6) is 0 Å². The maximum Gasteiger partial charge on any atom is 0.321 e. The molecule has 1 aromatic carbocycles. The summed E-state index contributed by atoms with van der Waals surface area (Å²) < 4.78 is 26.4. The van der Waals surface area contributed by atoms with Gasteiger partial charge in [0.2, 0.25) is 15.9 Å². The van der Waals surface area contributed by atoms with E-state index < -0.39 is 22.0 Å². The summed E-state index contributed by atoms with van der Waals surface area (Å²) in [5.41, 5.74) is 0.843. The molecule has 0 aromatic heterocycles. The zero-order valence-corrected chi connectivity index (χ0v) is 18.1. The molecule has 0 fully saturated rings. The van der Waals surface area contributed by atoms with Crippen LogP contribution in [0.15, 0.2) is 29.2 Å². The maximum atomic E-state index is 12.5. The Balaban J connectivity index is 2.63. The molecule has 0 saturated heterocycles. The minimum atomic E-state index is -3.49. The van der Waals surface area contributed by atoms with Crippen molar-refractivity contribution < 1.29 is 18.0 Å². The smallest absolute Gasteiger partial charge is 0.321 e. The zero-order chi connectivity index (χ0) is 21.3. The molecule has 0 aliphatic heterocycles. The van der Waals surface area contributed by atoms with Crippen LogP contribution in [0.4, 0.5) is 4.79 Å². The van der Waals surface area contributed by atoms with Gasteiger partial charge in [-0.3, -0.25) is 10.1 Å². The van der Waals surface area contributed by atoms with Gasteiger partial charge in [0.25, 0.3) is 0 Å². The van der Waals surface area contributed by atoms with E-state index in [1.165, 1.54) is 4.31 Å². The minimum absolute atomic E-state index is 0.00850. The Morgan fingerprint density at radius 1 is 1.04 bits per heavy atom. The topological polar surface area (TPSA) is 108 Å². The minimum Gasteiger partial charge on any atom is -0.335 e. The van der Waals surface area contributed by atoms with Gasteiger partial charge in [-0.2, -0.15) is 4.31 Å². The molecule has 0 unspecified atom stereocenters. The standard InChI is InChI=1S/C19H32N4O4S/c1-6-14(4)21-19(25)22-18(24)13-20-15(5)16-9-11-17(12-10-16)28(26,27)23(7-2)8-3/h9-12,14-15,20H,6-8,13H2,1-5H3,(H2,21,22,24,25)/t14-,15+/m0/s1. The fourth-order valence-electron chi connectivity index (χ4n) is 2.54. The first-order valence-corrected chi connectivity index (χ1v) is 11.0. The van der Waals surface area contributed by atoms with Gasteiger partial charge in [-0.05, 0) is 38.0 Å². The van der Waals surface area contributed by atoms with Crippen LogP contribution >= 0.6 is 0 Å². The van der Waals surface area contributed by atoms with Crippen LogP contribution in [0, 0.1) is 0 Å². The lowest BCUT2D eigenvalue weighted by Gasteiger charge is -2.19. The van der Waals surface area contributed by atoms with Gasteiger partial charge >= 0.3 is 6.03 Å². The average molecular weight is 413 g/mol. The van der Waals surface area contributed by atoms with Crippen molar-refractivity contribution in [1.82, 2.24) is 20.3 Å². The van der Waals surface area contributed by atoms with Crippen LogP contribution in [0.25, 0.3) is 0 Å². The second kappa shape index (κ2) is 11.1. The molecule has 0 heterocycles. The summed E-state index contributed by atoms with van der Waals surface area (Å²) in [7, 11) is -3.49. The van der Waals surface area contributed by atoms with Crippen LogP contribution in [0.2, 0.25) is 0 Å². The Kier molecular flexibility index (Phi) is 9.57. The predicted octanol–water partition coefficient (Wildman–Crippen LogP) is 1.99. The number of hydrogen-bond acceptors (Lipinski definition) is 5. The summed E-state index contributed by atoms with van der Waals surface area (Å²) in [6, 6.07) is 5.88. The quantitative estimate of drug-likeness (QED) is 0.545. The Hall–Kier alpha value is -1.97. The number of sulfonamides is 1. The molecule has 0 aliphatic carbocycles. The van der Waals surface area contributed by atoms with E-state index >= 15 is 0 Å². The molecule has 3 amide bonds. The van der Waals surface area contributed by atoms with Crippen LogP contribution < -0.4 is 16.0 Å². The van der Waals surface area contributed by atoms with Crippen molar-refractivity contribution in [2.24, 2.45) is 0 Å². The lowest BCUT2D eigenvalue weighted by Crippen LogP contribution is -2.46. The van der Waals surface area contributed by atoms with Crippen LogP contribution in [0.1, 0.15) is 52.6 Å². The largest absolute Gasteiger partial charge is 0.335 e. The first-order chi connectivity index (χ1) is 13.1. The number of imide groups is 1. The third-order valence-corrected chi connectivity index (χ3v) is 6.60. The van der Waals surface area contributed by atoms with Gasteiger partial charge in [0.15, 0.2) is 0 Å². The summed E-state index contributed by atoms with van der Waals surface area (Å²) in [5.74, 6) is -0.437. The predicted molar refractivity (Wildman–Crippen MR) is 109 cm³/mol. The maximum absolute atomic E-state index is 12.5. The van der Waals surface area contributed by atoms with E-state index in [1.807, 2.05) is 20.8 Å². The first kappa shape index (κ1) is 24.1. The van der Waals surface area contributed by atoms with Crippen molar-refractivity contribution in [1.29, 1.82) is 0 Å². The zero-order valence-electron chi connectivity index (χ0n) is 17.3. The lowest BCUT2D eigenvalue weighted by atomic mass is 10.1. The highest BCUT2D eigenvalue weighted by atomic mass is 32.2. The average Bonchev–Trinajstić information content (AvgIpc) is 2.66. The highest BCUT2D eigenvalue weighted by molar-refractivity contribution is 7.89. The van der Waals surface area contributed by atoms with Gasteiger partial charge in [-0.25, -0.2) is 13.2 Å². The second-order valence-electron chi connectivity index (χ2n) is 6.59. The molecule has 0 radical (unpaired) electrons. The summed E-state index contributed by atoms with van der Waals surface area (Å²) in [6.07, 6.45) is 0.775. The van der Waals surface area contributed by atoms with Crippen molar-refractivity contribution in [2.45, 2.75) is 58.0 Å². The Bertz CT molecular complexity index is 746. The molecule has 1 rings (SSSR count). The number of carbonyl (C=O) groups excluding carboxylic acids is 2. The molecule has 2 atom stereocenters. The van der Waals surface area contributed by atoms with E-state index in [0.29, 0.717) is 13.1 Å². The van der Waals surface area contributed by atoms with Crippen molar-refractivity contribution in [3.63, 3.8) is 0 Å². The van der Waals surface area contributed by atoms with Crippen molar-refractivity contribution in [3.8, 4) is 0 Å². The van der Waals surface area contributed by atoms with E-state index in [-0.39, 0.29) is 23.5 Å². The number of nitrogens with zero attached hydrogens (tertiary/aromatic N) is 1. The molecule has 9 heteroatoms. The monoisotopic (exact) mass is 412 g/mol. The normalized spacial score (nSPS) is 13.8. The molecular formula is C19H32N4O4S. The second-order valence-corrected chi connectivity index (χ2v) is 8.53. The van der Waals surface area contributed by atoms with Crippen molar-refractivity contribution in [2.75, 3.05) is 19.6 Å². The molecule has 0 aliphatic rings. The van der Waals surface area contributed by atoms with E-state index in [2.05, 4.69) is 16.0 Å². The van der Waals surface area contributed by atoms with E-state index in [4.69, 9.17) is 0 Å². The third-order valence-electron chi connectivity index (χ3n) is 4.53. The van der Waals surface area contributed by atoms with Gasteiger partial charge in [0.1, 0.15) is 0 Å². The summed E-state index contributed by atoms with van der Waals surface area (Å²) in [6.45, 7) is 10.1. The molecule has 0 saturated carbocycles. The molecule has 158 valence electrons. The number of hydrogen-bond donors (Lipinski definition) is 3. The van der Waals surface area contributed by atoms with Crippen LogP contribution in [0.3, 0.4) is 0 Å². The third kappa shape index (κ3) is 6.88. The van der Waals surface area contributed by atoms with E-state index in [1.54, 1.807) is 38.1 Å². The number of amides is 3. The van der Waals surface area contributed by atoms with E-state index in [0.717, 1.165) is 12.0 Å². The lowest BCUT2D eigenvalue weighted by molar-refractivity contribution is -0.119. The molecule has 0 bridgehead atoms. The summed E-state index contributed by atoms with van der Waals surface area (Å²) in [5, 5.41) is 7.95. The number of benzene rings is 1. The molecule has 8 nitrogen and oxygen atoms in total. The molecular weight excluding hydrogens is 380 g/mol. The SMILES string of the molecule is CC[C@H](C)NC(=O)NC(=O)CN[C@H](C)c1ccc(S(=O)(=O)N(CC)CC)cc1. The summed E-state index contributed by atoms with van der Waals surface area (Å²) in [4.78, 5) is 23.8. The highest BCUT2D eigenvalue weighted by Crippen LogP contribution is 2.19. The number of urea groups is 1. The van der Waals surface area contributed by atoms with Gasteiger partial charge in [-0.1, -0.05) is 32.9 Å². The van der Waals surface area contributed by atoms with Crippen LogP contribution in [-0.2, 0) is 14.8 Å². The molecule has 28 heavy (non-hydrogen) atoms. The van der Waals surface area contributed by atoms with Gasteiger partial charge in [0.05, 0.1) is 11.4 Å². The Morgan fingerprint density at radius 3 is 2.11 bits per heavy atom. The van der Waals surface area contributed by atoms with Gasteiger partial charge in [0, 0.05) is 25.2 Å². The van der Waals surface area contributed by atoms with Gasteiger partial charge < -0.3 is 10.6 Å². The Labute approximate surface area is 168 Å². The number of rotatable bonds is 10. The van der Waals surface area contributed by atoms with Crippen LogP contribution in [-0.4, -0.2) is 50.3 Å². The van der Waals surface area contributed by atoms with Gasteiger partial charge in [-0.15, -0.1) is 0 Å². The fourth-order valence-corrected chi connectivity index (χ4v) is 4.00. The van der Waals surface area contributed by atoms with E-state index in [9.17, 15) is 18.0 Å². The fraction of sp³-hybridized carbons (Fsp3) is 0.579. The van der Waals surface area contributed by atoms with Crippen molar-refractivity contribution in [3.05, 3.63) is 29.8 Å². The first-order valence-electron chi connectivity index (χ1n) is 9.59. The highest BCUT2D eigenvalue weighted by Gasteiger charge is 2.21. The Morgan fingerprint density at radius 2 is 1.61 bits per heavy atom.